The maximum Gasteiger partial charge on any atom is 0.146 e. The molecule has 0 saturated carbocycles. The summed E-state index contributed by atoms with van der Waals surface area (Å²) in [5.74, 6) is 2.57. The van der Waals surface area contributed by atoms with E-state index in [1.165, 1.54) is 0 Å². The molecule has 120 valence electrons. The molecule has 23 heavy (non-hydrogen) atoms. The van der Waals surface area contributed by atoms with Gasteiger partial charge in [-0.3, -0.25) is 0 Å². The van der Waals surface area contributed by atoms with E-state index in [0.29, 0.717) is 0 Å². The van der Waals surface area contributed by atoms with E-state index in [2.05, 4.69) is 54.0 Å². The molecule has 0 radical (unpaired) electrons. The van der Waals surface area contributed by atoms with Gasteiger partial charge < -0.3 is 14.2 Å². The minimum atomic E-state index is 0.768. The molecule has 0 aliphatic heterocycles. The van der Waals surface area contributed by atoms with E-state index in [4.69, 9.17) is 4.74 Å². The molecule has 5 nitrogen and oxygen atoms in total. The van der Waals surface area contributed by atoms with E-state index in [1.54, 1.807) is 7.11 Å². The van der Waals surface area contributed by atoms with E-state index in [1.807, 2.05) is 24.7 Å². The van der Waals surface area contributed by atoms with Crippen molar-refractivity contribution in [2.24, 2.45) is 7.05 Å². The quantitative estimate of drug-likeness (QED) is 0.740. The maximum absolute atomic E-state index is 5.36. The fraction of sp³-hybridized carbons (Fsp3) is 0.333. The van der Waals surface area contributed by atoms with Crippen LogP contribution < -0.4 is 9.64 Å². The van der Waals surface area contributed by atoms with Crippen LogP contribution in [0.2, 0.25) is 0 Å². The van der Waals surface area contributed by atoms with Crippen LogP contribution in [0.3, 0.4) is 0 Å². The standard InChI is InChI=1S/C18H22N4O/c1-11-9-14(23-6)10-12(2)16(11)22(5)18-15-7-8-21(4)17(15)19-13(3)20-18/h7-10H,1-6H3. The van der Waals surface area contributed by atoms with Crippen LogP contribution in [0.1, 0.15) is 17.0 Å². The summed E-state index contributed by atoms with van der Waals surface area (Å²) in [6, 6.07) is 6.17. The van der Waals surface area contributed by atoms with Crippen molar-refractivity contribution in [1.82, 2.24) is 14.5 Å². The highest BCUT2D eigenvalue weighted by molar-refractivity contribution is 5.91. The highest BCUT2D eigenvalue weighted by Gasteiger charge is 2.17. The summed E-state index contributed by atoms with van der Waals surface area (Å²) in [5.41, 5.74) is 4.41. The van der Waals surface area contributed by atoms with Crippen LogP contribution in [-0.4, -0.2) is 28.7 Å². The Labute approximate surface area is 136 Å². The van der Waals surface area contributed by atoms with Crippen LogP contribution in [0.25, 0.3) is 11.0 Å². The number of rotatable bonds is 3. The molecule has 2 aromatic heterocycles. The molecule has 5 heteroatoms. The highest BCUT2D eigenvalue weighted by Crippen LogP contribution is 2.35. The number of anilines is 2. The molecule has 1 aromatic carbocycles. The molecule has 2 heterocycles. The minimum absolute atomic E-state index is 0.768. The van der Waals surface area contributed by atoms with E-state index < -0.39 is 0 Å². The molecule has 0 saturated heterocycles. The van der Waals surface area contributed by atoms with Gasteiger partial charge in [-0.2, -0.15) is 0 Å². The van der Waals surface area contributed by atoms with Crippen molar-refractivity contribution >= 4 is 22.5 Å². The van der Waals surface area contributed by atoms with Crippen molar-refractivity contribution in [2.75, 3.05) is 19.1 Å². The predicted octanol–water partition coefficient (Wildman–Crippen LogP) is 3.67. The Balaban J connectivity index is 2.20. The summed E-state index contributed by atoms with van der Waals surface area (Å²) < 4.78 is 7.38. The van der Waals surface area contributed by atoms with Crippen LogP contribution in [0.4, 0.5) is 11.5 Å². The number of nitrogens with zero attached hydrogens (tertiary/aromatic N) is 4. The molecule has 0 spiro atoms. The van der Waals surface area contributed by atoms with Crippen molar-refractivity contribution in [1.29, 1.82) is 0 Å². The highest BCUT2D eigenvalue weighted by atomic mass is 16.5. The maximum atomic E-state index is 5.36. The molecule has 0 unspecified atom stereocenters. The van der Waals surface area contributed by atoms with Gasteiger partial charge in [-0.25, -0.2) is 9.97 Å². The molecule has 3 aromatic rings. The van der Waals surface area contributed by atoms with E-state index in [-0.39, 0.29) is 0 Å². The third-order valence-corrected chi connectivity index (χ3v) is 4.17. The SMILES string of the molecule is COc1cc(C)c(N(C)c2nc(C)nc3c2ccn3C)c(C)c1. The summed E-state index contributed by atoms with van der Waals surface area (Å²) in [6.45, 7) is 6.12. The van der Waals surface area contributed by atoms with Gasteiger partial charge in [0.15, 0.2) is 0 Å². The Morgan fingerprint density at radius 2 is 1.74 bits per heavy atom. The van der Waals surface area contributed by atoms with Gasteiger partial charge in [0.05, 0.1) is 12.5 Å². The monoisotopic (exact) mass is 310 g/mol. The van der Waals surface area contributed by atoms with Crippen LogP contribution in [0, 0.1) is 20.8 Å². The van der Waals surface area contributed by atoms with Crippen molar-refractivity contribution in [2.45, 2.75) is 20.8 Å². The number of aryl methyl sites for hydroxylation is 4. The lowest BCUT2D eigenvalue weighted by molar-refractivity contribution is 0.414. The lowest BCUT2D eigenvalue weighted by Crippen LogP contribution is -2.15. The summed E-state index contributed by atoms with van der Waals surface area (Å²) in [7, 11) is 5.75. The fourth-order valence-corrected chi connectivity index (χ4v) is 3.15. The van der Waals surface area contributed by atoms with E-state index in [9.17, 15) is 0 Å². The van der Waals surface area contributed by atoms with E-state index >= 15 is 0 Å². The topological polar surface area (TPSA) is 43.2 Å². The number of methoxy groups -OCH3 is 1. The van der Waals surface area contributed by atoms with E-state index in [0.717, 1.165) is 45.2 Å². The van der Waals surface area contributed by atoms with Crippen molar-refractivity contribution < 1.29 is 4.74 Å². The normalized spacial score (nSPS) is 11.0. The van der Waals surface area contributed by atoms with Crippen LogP contribution >= 0.6 is 0 Å². The zero-order chi connectivity index (χ0) is 16.7. The Bertz CT molecular complexity index is 859. The Morgan fingerprint density at radius 1 is 1.09 bits per heavy atom. The summed E-state index contributed by atoms with van der Waals surface area (Å²) in [4.78, 5) is 11.4. The predicted molar refractivity (Wildman–Crippen MR) is 93.8 cm³/mol. The lowest BCUT2D eigenvalue weighted by atomic mass is 10.1. The minimum Gasteiger partial charge on any atom is -0.497 e. The third-order valence-electron chi connectivity index (χ3n) is 4.17. The molecule has 0 fully saturated rings. The van der Waals surface area contributed by atoms with Gasteiger partial charge in [-0.1, -0.05) is 0 Å². The first kappa shape index (κ1) is 15.3. The summed E-state index contributed by atoms with van der Waals surface area (Å²) in [5, 5.41) is 1.05. The number of hydrogen-bond acceptors (Lipinski definition) is 4. The van der Waals surface area contributed by atoms with Gasteiger partial charge in [-0.15, -0.1) is 0 Å². The molecular formula is C18H22N4O. The first-order chi connectivity index (χ1) is 10.9. The van der Waals surface area contributed by atoms with Crippen molar-refractivity contribution in [3.05, 3.63) is 41.3 Å². The lowest BCUT2D eigenvalue weighted by Gasteiger charge is -2.24. The second kappa shape index (κ2) is 5.57. The number of hydrogen-bond donors (Lipinski definition) is 0. The number of ether oxygens (including phenoxy) is 1. The molecule has 0 atom stereocenters. The molecule has 0 aliphatic carbocycles. The van der Waals surface area contributed by atoms with Crippen LogP contribution in [-0.2, 0) is 7.05 Å². The Kier molecular flexibility index (Phi) is 3.72. The van der Waals surface area contributed by atoms with Crippen molar-refractivity contribution in [3.8, 4) is 5.75 Å². The molecular weight excluding hydrogens is 288 g/mol. The smallest absolute Gasteiger partial charge is 0.146 e. The van der Waals surface area contributed by atoms with Gasteiger partial charge in [0.2, 0.25) is 0 Å². The molecule has 0 bridgehead atoms. The average Bonchev–Trinajstić information content (AvgIpc) is 2.86. The number of aromatic nitrogens is 3. The van der Waals surface area contributed by atoms with Gasteiger partial charge >= 0.3 is 0 Å². The first-order valence-corrected chi connectivity index (χ1v) is 7.61. The van der Waals surface area contributed by atoms with Crippen LogP contribution in [0.15, 0.2) is 24.4 Å². The summed E-state index contributed by atoms with van der Waals surface area (Å²) >= 11 is 0. The molecule has 0 amide bonds. The molecule has 0 N–H and O–H groups in total. The zero-order valence-corrected chi connectivity index (χ0v) is 14.5. The number of fused-ring (bicyclic) bond motifs is 1. The van der Waals surface area contributed by atoms with Gasteiger partial charge in [-0.05, 0) is 50.1 Å². The second-order valence-corrected chi connectivity index (χ2v) is 5.93. The third kappa shape index (κ3) is 2.52. The summed E-state index contributed by atoms with van der Waals surface area (Å²) in [6.07, 6.45) is 2.02. The van der Waals surface area contributed by atoms with Gasteiger partial charge in [0, 0.05) is 26.0 Å². The second-order valence-electron chi connectivity index (χ2n) is 5.93. The van der Waals surface area contributed by atoms with Gasteiger partial charge in [0.1, 0.15) is 23.0 Å². The first-order valence-electron chi connectivity index (χ1n) is 7.61. The zero-order valence-electron chi connectivity index (χ0n) is 14.5. The van der Waals surface area contributed by atoms with Gasteiger partial charge in [0.25, 0.3) is 0 Å². The average molecular weight is 310 g/mol. The largest absolute Gasteiger partial charge is 0.497 e. The van der Waals surface area contributed by atoms with Crippen molar-refractivity contribution in [3.63, 3.8) is 0 Å². The number of benzene rings is 1. The Morgan fingerprint density at radius 3 is 2.35 bits per heavy atom. The molecule has 3 rings (SSSR count). The molecule has 0 aliphatic rings. The van der Waals surface area contributed by atoms with Crippen LogP contribution in [0.5, 0.6) is 5.75 Å². The fourth-order valence-electron chi connectivity index (χ4n) is 3.15. The Hall–Kier alpha value is -2.56.